The van der Waals surface area contributed by atoms with Gasteiger partial charge < -0.3 is 5.32 Å². The van der Waals surface area contributed by atoms with Crippen LogP contribution in [0.5, 0.6) is 0 Å². The van der Waals surface area contributed by atoms with Crippen LogP contribution < -0.4 is 10.5 Å². The van der Waals surface area contributed by atoms with Crippen LogP contribution in [0.25, 0.3) is 10.9 Å². The molecule has 1 aliphatic carbocycles. The van der Waals surface area contributed by atoms with E-state index >= 15 is 0 Å². The third kappa shape index (κ3) is 4.16. The van der Waals surface area contributed by atoms with Gasteiger partial charge in [0.25, 0.3) is 5.91 Å². The zero-order valence-electron chi connectivity index (χ0n) is 16.0. The van der Waals surface area contributed by atoms with Crippen molar-refractivity contribution in [3.8, 4) is 0 Å². The Morgan fingerprint density at radius 2 is 1.76 bits per heavy atom. The highest BCUT2D eigenvalue weighted by atomic mass is 32.2. The molecule has 1 aliphatic rings. The number of amides is 1. The van der Waals surface area contributed by atoms with Crippen molar-refractivity contribution in [3.05, 3.63) is 70.9 Å². The molecule has 7 heteroatoms. The van der Waals surface area contributed by atoms with Crippen molar-refractivity contribution >= 4 is 26.8 Å². The van der Waals surface area contributed by atoms with Gasteiger partial charge in [0, 0.05) is 17.6 Å². The predicted octanol–water partition coefficient (Wildman–Crippen LogP) is 2.73. The van der Waals surface area contributed by atoms with E-state index in [1.165, 1.54) is 12.1 Å². The molecule has 6 nitrogen and oxygen atoms in total. The molecule has 0 spiro atoms. The van der Waals surface area contributed by atoms with Gasteiger partial charge in [-0.1, -0.05) is 30.3 Å². The van der Waals surface area contributed by atoms with Gasteiger partial charge in [-0.05, 0) is 61.4 Å². The van der Waals surface area contributed by atoms with Crippen LogP contribution in [0, 0.1) is 0 Å². The number of benzene rings is 2. The maximum Gasteiger partial charge on any atom is 0.252 e. The van der Waals surface area contributed by atoms with Crippen molar-refractivity contribution in [2.75, 3.05) is 6.54 Å². The Labute approximate surface area is 170 Å². The van der Waals surface area contributed by atoms with Crippen LogP contribution in [0.2, 0.25) is 0 Å². The predicted molar refractivity (Wildman–Crippen MR) is 112 cm³/mol. The van der Waals surface area contributed by atoms with Gasteiger partial charge in [0.05, 0.1) is 16.0 Å². The standard InChI is InChI=1S/C22H23N3O3S/c23-29(27,28)16-11-9-15(10-12-16)13-14-24-22(26)21-17-5-1-3-7-19(17)25-20-8-4-2-6-18(20)21/h1,3,5,7,9-12H,2,4,6,8,13-14H2,(H,24,26)(H2,23,27,28). The summed E-state index contributed by atoms with van der Waals surface area (Å²) in [5.41, 5.74) is 4.65. The molecule has 0 radical (unpaired) electrons. The number of sulfonamides is 1. The fraction of sp³-hybridized carbons (Fsp3) is 0.273. The molecule has 29 heavy (non-hydrogen) atoms. The lowest BCUT2D eigenvalue weighted by molar-refractivity contribution is 0.0954. The molecular weight excluding hydrogens is 386 g/mol. The maximum absolute atomic E-state index is 13.1. The van der Waals surface area contributed by atoms with Gasteiger partial charge in [-0.25, -0.2) is 13.6 Å². The number of rotatable bonds is 5. The highest BCUT2D eigenvalue weighted by Crippen LogP contribution is 2.29. The molecule has 1 heterocycles. The third-order valence-electron chi connectivity index (χ3n) is 5.35. The summed E-state index contributed by atoms with van der Waals surface area (Å²) < 4.78 is 22.7. The minimum atomic E-state index is -3.69. The minimum absolute atomic E-state index is 0.0806. The van der Waals surface area contributed by atoms with Crippen molar-refractivity contribution in [3.63, 3.8) is 0 Å². The fourth-order valence-corrected chi connectivity index (χ4v) is 4.40. The van der Waals surface area contributed by atoms with Gasteiger partial charge in [-0.15, -0.1) is 0 Å². The number of hydrogen-bond acceptors (Lipinski definition) is 4. The quantitative estimate of drug-likeness (QED) is 0.676. The number of carbonyl (C=O) groups is 1. The molecule has 0 bridgehead atoms. The smallest absolute Gasteiger partial charge is 0.252 e. The Kier molecular flexibility index (Phi) is 5.34. The van der Waals surface area contributed by atoms with Crippen LogP contribution in [0.1, 0.15) is 40.0 Å². The van der Waals surface area contributed by atoms with Crippen LogP contribution in [-0.2, 0) is 29.3 Å². The SMILES string of the molecule is NS(=O)(=O)c1ccc(CCNC(=O)c2c3c(nc4ccccc24)CCCC3)cc1. The van der Waals surface area contributed by atoms with Crippen LogP contribution in [0.4, 0.5) is 0 Å². The van der Waals surface area contributed by atoms with Crippen molar-refractivity contribution in [1.29, 1.82) is 0 Å². The Balaban J connectivity index is 1.52. The molecule has 150 valence electrons. The lowest BCUT2D eigenvalue weighted by Gasteiger charge is -2.20. The van der Waals surface area contributed by atoms with Crippen LogP contribution >= 0.6 is 0 Å². The summed E-state index contributed by atoms with van der Waals surface area (Å²) in [5, 5.41) is 9.04. The number of pyridine rings is 1. The Hall–Kier alpha value is -2.77. The zero-order chi connectivity index (χ0) is 20.4. The molecular formula is C22H23N3O3S. The maximum atomic E-state index is 13.1. The number of primary sulfonamides is 1. The molecule has 3 aromatic rings. The summed E-state index contributed by atoms with van der Waals surface area (Å²) >= 11 is 0. The lowest BCUT2D eigenvalue weighted by atomic mass is 9.89. The first-order valence-corrected chi connectivity index (χ1v) is 11.3. The second-order valence-electron chi connectivity index (χ2n) is 7.33. The fourth-order valence-electron chi connectivity index (χ4n) is 3.89. The molecule has 0 aliphatic heterocycles. The second-order valence-corrected chi connectivity index (χ2v) is 8.89. The molecule has 4 rings (SSSR count). The number of nitrogens with zero attached hydrogens (tertiary/aromatic N) is 1. The highest BCUT2D eigenvalue weighted by molar-refractivity contribution is 7.89. The second kappa shape index (κ2) is 7.93. The van der Waals surface area contributed by atoms with Crippen LogP contribution in [0.3, 0.4) is 0 Å². The van der Waals surface area contributed by atoms with Gasteiger partial charge in [-0.2, -0.15) is 0 Å². The summed E-state index contributed by atoms with van der Waals surface area (Å²) in [6.07, 6.45) is 4.57. The number of hydrogen-bond donors (Lipinski definition) is 2. The van der Waals surface area contributed by atoms with Crippen molar-refractivity contribution in [2.45, 2.75) is 37.0 Å². The zero-order valence-corrected chi connectivity index (χ0v) is 16.8. The number of fused-ring (bicyclic) bond motifs is 2. The minimum Gasteiger partial charge on any atom is -0.352 e. The van der Waals surface area contributed by atoms with Gasteiger partial charge in [0.1, 0.15) is 0 Å². The van der Waals surface area contributed by atoms with Crippen LogP contribution in [-0.4, -0.2) is 25.9 Å². The summed E-state index contributed by atoms with van der Waals surface area (Å²) in [6.45, 7) is 0.457. The molecule has 0 unspecified atom stereocenters. The summed E-state index contributed by atoms with van der Waals surface area (Å²) in [6, 6.07) is 14.2. The average Bonchev–Trinajstić information content (AvgIpc) is 2.71. The van der Waals surface area contributed by atoms with Gasteiger partial charge >= 0.3 is 0 Å². The molecule has 0 fully saturated rings. The molecule has 2 aromatic carbocycles. The third-order valence-corrected chi connectivity index (χ3v) is 6.28. The lowest BCUT2D eigenvalue weighted by Crippen LogP contribution is -2.28. The van der Waals surface area contributed by atoms with Crippen molar-refractivity contribution in [2.24, 2.45) is 5.14 Å². The van der Waals surface area contributed by atoms with Crippen molar-refractivity contribution in [1.82, 2.24) is 10.3 Å². The molecule has 1 aromatic heterocycles. The highest BCUT2D eigenvalue weighted by Gasteiger charge is 2.22. The number of aryl methyl sites for hydroxylation is 1. The number of para-hydroxylation sites is 1. The number of nitrogens with one attached hydrogen (secondary N) is 1. The average molecular weight is 410 g/mol. The molecule has 0 saturated carbocycles. The largest absolute Gasteiger partial charge is 0.352 e. The van der Waals surface area contributed by atoms with E-state index in [1.807, 2.05) is 24.3 Å². The van der Waals surface area contributed by atoms with E-state index in [0.29, 0.717) is 13.0 Å². The molecule has 1 amide bonds. The van der Waals surface area contributed by atoms with Gasteiger partial charge in [0.15, 0.2) is 0 Å². The number of aromatic nitrogens is 1. The van der Waals surface area contributed by atoms with E-state index in [1.54, 1.807) is 12.1 Å². The normalized spacial score (nSPS) is 13.8. The molecule has 3 N–H and O–H groups in total. The van der Waals surface area contributed by atoms with Crippen LogP contribution in [0.15, 0.2) is 53.4 Å². The van der Waals surface area contributed by atoms with E-state index in [-0.39, 0.29) is 10.8 Å². The monoisotopic (exact) mass is 409 g/mol. The summed E-state index contributed by atoms with van der Waals surface area (Å²) in [7, 11) is -3.69. The van der Waals surface area contributed by atoms with E-state index in [9.17, 15) is 13.2 Å². The summed E-state index contributed by atoms with van der Waals surface area (Å²) in [5.74, 6) is -0.0806. The number of carbonyl (C=O) groups excluding carboxylic acids is 1. The van der Waals surface area contributed by atoms with E-state index in [4.69, 9.17) is 10.1 Å². The topological polar surface area (TPSA) is 102 Å². The molecule has 0 atom stereocenters. The first kappa shape index (κ1) is 19.5. The molecule has 0 saturated heterocycles. The number of nitrogens with two attached hydrogens (primary N) is 1. The van der Waals surface area contributed by atoms with E-state index < -0.39 is 10.0 Å². The Bertz CT molecular complexity index is 1170. The first-order valence-electron chi connectivity index (χ1n) is 9.74. The first-order chi connectivity index (χ1) is 13.9. The Morgan fingerprint density at radius 1 is 1.03 bits per heavy atom. The summed E-state index contributed by atoms with van der Waals surface area (Å²) in [4.78, 5) is 17.9. The van der Waals surface area contributed by atoms with E-state index in [2.05, 4.69) is 5.32 Å². The van der Waals surface area contributed by atoms with Gasteiger partial charge in [0.2, 0.25) is 10.0 Å². The van der Waals surface area contributed by atoms with Gasteiger partial charge in [-0.3, -0.25) is 9.78 Å². The van der Waals surface area contributed by atoms with Crippen molar-refractivity contribution < 1.29 is 13.2 Å². The Morgan fingerprint density at radius 3 is 2.52 bits per heavy atom. The van der Waals surface area contributed by atoms with E-state index in [0.717, 1.165) is 59.0 Å².